The van der Waals surface area contributed by atoms with Crippen LogP contribution in [0.15, 0.2) is 0 Å². The molecule has 0 aromatic rings. The number of likely N-dealkylation sites (tertiary alicyclic amines) is 2. The van der Waals surface area contributed by atoms with Gasteiger partial charge in [0.25, 0.3) is 0 Å². The van der Waals surface area contributed by atoms with E-state index in [4.69, 9.17) is 0 Å². The standard InChI is InChI=1S/C11H23N2/c1-9-11-5-10(6-12(9)2)7-13(3,4)8-11/h9-11H,5-8H2,1-4H3/q+1/t9-,10+,11+/m1/s1. The first-order chi connectivity index (χ1) is 5.98. The monoisotopic (exact) mass is 183 g/mol. The van der Waals surface area contributed by atoms with Gasteiger partial charge >= 0.3 is 0 Å². The lowest BCUT2D eigenvalue weighted by atomic mass is 9.79. The molecule has 0 aromatic heterocycles. The number of hydrogen-bond acceptors (Lipinski definition) is 1. The number of hydrogen-bond donors (Lipinski definition) is 0. The highest BCUT2D eigenvalue weighted by Crippen LogP contribution is 2.33. The van der Waals surface area contributed by atoms with Gasteiger partial charge in [-0.15, -0.1) is 0 Å². The van der Waals surface area contributed by atoms with E-state index in [0.29, 0.717) is 0 Å². The molecule has 2 rings (SSSR count). The van der Waals surface area contributed by atoms with Crippen molar-refractivity contribution in [1.29, 1.82) is 0 Å². The third kappa shape index (κ3) is 1.75. The van der Waals surface area contributed by atoms with Crippen molar-refractivity contribution in [2.75, 3.05) is 40.8 Å². The highest BCUT2D eigenvalue weighted by Gasteiger charge is 2.41. The fraction of sp³-hybridized carbons (Fsp3) is 1.00. The molecule has 2 heteroatoms. The molecule has 13 heavy (non-hydrogen) atoms. The van der Waals surface area contributed by atoms with Crippen molar-refractivity contribution >= 4 is 0 Å². The van der Waals surface area contributed by atoms with Gasteiger partial charge in [0, 0.05) is 24.4 Å². The summed E-state index contributed by atoms with van der Waals surface area (Å²) in [5.74, 6) is 1.89. The first kappa shape index (κ1) is 9.47. The highest BCUT2D eigenvalue weighted by molar-refractivity contribution is 4.86. The summed E-state index contributed by atoms with van der Waals surface area (Å²) in [6.45, 7) is 6.47. The second-order valence-electron chi connectivity index (χ2n) is 5.84. The minimum Gasteiger partial charge on any atom is -0.328 e. The summed E-state index contributed by atoms with van der Waals surface area (Å²) in [6.07, 6.45) is 1.48. The number of fused-ring (bicyclic) bond motifs is 2. The highest BCUT2D eigenvalue weighted by atomic mass is 15.3. The lowest BCUT2D eigenvalue weighted by Gasteiger charge is -2.50. The zero-order valence-corrected chi connectivity index (χ0v) is 9.45. The first-order valence-corrected chi connectivity index (χ1v) is 5.50. The molecule has 76 valence electrons. The minimum absolute atomic E-state index is 0.800. The first-order valence-electron chi connectivity index (χ1n) is 5.50. The van der Waals surface area contributed by atoms with Crippen molar-refractivity contribution in [2.45, 2.75) is 19.4 Å². The van der Waals surface area contributed by atoms with Crippen LogP contribution in [0.4, 0.5) is 0 Å². The fourth-order valence-electron chi connectivity index (χ4n) is 3.40. The molecule has 0 aromatic carbocycles. The van der Waals surface area contributed by atoms with Gasteiger partial charge in [-0.3, -0.25) is 0 Å². The van der Waals surface area contributed by atoms with Gasteiger partial charge in [-0.25, -0.2) is 0 Å². The van der Waals surface area contributed by atoms with Gasteiger partial charge in [-0.05, 0) is 20.4 Å². The molecule has 2 aliphatic rings. The molecule has 3 atom stereocenters. The average Bonchev–Trinajstić information content (AvgIpc) is 1.97. The predicted octanol–water partition coefficient (Wildman–Crippen LogP) is 1.03. The molecule has 0 radical (unpaired) electrons. The van der Waals surface area contributed by atoms with E-state index < -0.39 is 0 Å². The van der Waals surface area contributed by atoms with Gasteiger partial charge in [0.05, 0.1) is 27.2 Å². The number of rotatable bonds is 0. The van der Waals surface area contributed by atoms with Gasteiger partial charge < -0.3 is 9.38 Å². The van der Waals surface area contributed by atoms with Crippen LogP contribution >= 0.6 is 0 Å². The van der Waals surface area contributed by atoms with Crippen LogP contribution in [-0.4, -0.2) is 56.2 Å². The summed E-state index contributed by atoms with van der Waals surface area (Å²) in [6, 6.07) is 0.800. The van der Waals surface area contributed by atoms with Crippen molar-refractivity contribution < 1.29 is 4.48 Å². The maximum absolute atomic E-state index is 2.55. The van der Waals surface area contributed by atoms with Gasteiger partial charge in [-0.2, -0.15) is 0 Å². The van der Waals surface area contributed by atoms with Crippen molar-refractivity contribution in [1.82, 2.24) is 4.90 Å². The molecule has 0 saturated carbocycles. The van der Waals surface area contributed by atoms with Gasteiger partial charge in [0.1, 0.15) is 0 Å². The van der Waals surface area contributed by atoms with E-state index in [-0.39, 0.29) is 0 Å². The molecule has 0 aliphatic carbocycles. The van der Waals surface area contributed by atoms with Crippen LogP contribution in [0.1, 0.15) is 13.3 Å². The van der Waals surface area contributed by atoms with Crippen molar-refractivity contribution in [3.8, 4) is 0 Å². The van der Waals surface area contributed by atoms with Crippen LogP contribution in [0.25, 0.3) is 0 Å². The molecule has 0 unspecified atom stereocenters. The Morgan fingerprint density at radius 3 is 2.62 bits per heavy atom. The summed E-state index contributed by atoms with van der Waals surface area (Å²) >= 11 is 0. The van der Waals surface area contributed by atoms with Gasteiger partial charge in [0.15, 0.2) is 0 Å². The SMILES string of the molecule is C[C@@H]1[C@H]2C[C@@H](CN1C)C[N+](C)(C)C2. The zero-order chi connectivity index (χ0) is 9.64. The van der Waals surface area contributed by atoms with E-state index in [9.17, 15) is 0 Å². The molecule has 2 fully saturated rings. The van der Waals surface area contributed by atoms with Crippen molar-refractivity contribution in [2.24, 2.45) is 11.8 Å². The third-order valence-electron chi connectivity index (χ3n) is 4.04. The molecule has 2 aliphatic heterocycles. The number of nitrogens with zero attached hydrogens (tertiary/aromatic N) is 2. The van der Waals surface area contributed by atoms with Crippen LogP contribution in [0, 0.1) is 11.8 Å². The minimum atomic E-state index is 0.800. The van der Waals surface area contributed by atoms with E-state index >= 15 is 0 Å². The molecule has 2 nitrogen and oxygen atoms in total. The van der Waals surface area contributed by atoms with Crippen LogP contribution in [0.2, 0.25) is 0 Å². The van der Waals surface area contributed by atoms with Gasteiger partial charge in [0.2, 0.25) is 0 Å². The molecular weight excluding hydrogens is 160 g/mol. The second kappa shape index (κ2) is 2.96. The third-order valence-corrected chi connectivity index (χ3v) is 4.04. The van der Waals surface area contributed by atoms with E-state index in [1.807, 2.05) is 0 Å². The Bertz CT molecular complexity index is 198. The maximum atomic E-state index is 2.55. The van der Waals surface area contributed by atoms with E-state index in [1.165, 1.54) is 30.5 Å². The van der Waals surface area contributed by atoms with E-state index in [0.717, 1.165) is 17.9 Å². The lowest BCUT2D eigenvalue weighted by Crippen LogP contribution is -2.60. The van der Waals surface area contributed by atoms with Crippen LogP contribution in [-0.2, 0) is 0 Å². The van der Waals surface area contributed by atoms with Crippen LogP contribution < -0.4 is 0 Å². The summed E-state index contributed by atoms with van der Waals surface area (Å²) in [5, 5.41) is 0. The summed E-state index contributed by atoms with van der Waals surface area (Å²) in [4.78, 5) is 2.55. The Kier molecular flexibility index (Phi) is 2.16. The topological polar surface area (TPSA) is 3.24 Å². The summed E-state index contributed by atoms with van der Waals surface area (Å²) < 4.78 is 1.24. The normalized spacial score (nSPS) is 44.8. The predicted molar refractivity (Wildman–Crippen MR) is 55.5 cm³/mol. The van der Waals surface area contributed by atoms with Crippen molar-refractivity contribution in [3.63, 3.8) is 0 Å². The van der Waals surface area contributed by atoms with Gasteiger partial charge in [-0.1, -0.05) is 0 Å². The summed E-state index contributed by atoms with van der Waals surface area (Å²) in [5.41, 5.74) is 0. The Hall–Kier alpha value is -0.0800. The average molecular weight is 183 g/mol. The van der Waals surface area contributed by atoms with E-state index in [2.05, 4.69) is 33.0 Å². The molecule has 0 amide bonds. The zero-order valence-electron chi connectivity index (χ0n) is 9.45. The Morgan fingerprint density at radius 2 is 1.92 bits per heavy atom. The number of piperidine rings is 2. The smallest absolute Gasteiger partial charge is 0.0826 e. The molecule has 0 spiro atoms. The maximum Gasteiger partial charge on any atom is 0.0826 e. The quantitative estimate of drug-likeness (QED) is 0.507. The Labute approximate surface area is 82.1 Å². The largest absolute Gasteiger partial charge is 0.328 e. The molecule has 2 saturated heterocycles. The Balaban J connectivity index is 2.12. The fourth-order valence-corrected chi connectivity index (χ4v) is 3.40. The summed E-state index contributed by atoms with van der Waals surface area (Å²) in [7, 11) is 7.06. The van der Waals surface area contributed by atoms with Crippen LogP contribution in [0.5, 0.6) is 0 Å². The van der Waals surface area contributed by atoms with Crippen LogP contribution in [0.3, 0.4) is 0 Å². The van der Waals surface area contributed by atoms with E-state index in [1.54, 1.807) is 0 Å². The molecule has 0 N–H and O–H groups in total. The molecule has 2 heterocycles. The number of quaternary nitrogens is 1. The molecular formula is C11H23N2+. The Morgan fingerprint density at radius 1 is 1.23 bits per heavy atom. The molecule has 2 bridgehead atoms. The second-order valence-corrected chi connectivity index (χ2v) is 5.84. The van der Waals surface area contributed by atoms with Crippen molar-refractivity contribution in [3.05, 3.63) is 0 Å². The lowest BCUT2D eigenvalue weighted by molar-refractivity contribution is -0.903.